The van der Waals surface area contributed by atoms with Gasteiger partial charge in [0.15, 0.2) is 0 Å². The molecule has 1 aliphatic rings. The van der Waals surface area contributed by atoms with Gasteiger partial charge < -0.3 is 9.64 Å². The molecule has 1 heterocycles. The summed E-state index contributed by atoms with van der Waals surface area (Å²) in [6.07, 6.45) is 0. The molecule has 0 saturated carbocycles. The van der Waals surface area contributed by atoms with E-state index in [0.29, 0.717) is 29.3 Å². The fourth-order valence-electron chi connectivity index (χ4n) is 3.86. The number of benzene rings is 3. The minimum atomic E-state index is -0.348. The molecule has 5 nitrogen and oxygen atoms in total. The number of carbonyl (C=O) groups excluding carboxylic acids is 2. The molecule has 32 heavy (non-hydrogen) atoms. The van der Waals surface area contributed by atoms with E-state index in [0.717, 1.165) is 22.4 Å². The van der Waals surface area contributed by atoms with Crippen LogP contribution in [0.1, 0.15) is 23.6 Å². The Bertz CT molecular complexity index is 1200. The molecule has 0 atom stereocenters. The third kappa shape index (κ3) is 3.78. The number of nitrogens with zero attached hydrogens (tertiary/aromatic N) is 2. The lowest BCUT2D eigenvalue weighted by atomic mass is 9.99. The average molecular weight is 427 g/mol. The van der Waals surface area contributed by atoms with Crippen LogP contribution in [0.25, 0.3) is 5.57 Å². The Hall–Kier alpha value is -3.86. The van der Waals surface area contributed by atoms with Crippen molar-refractivity contribution in [3.63, 3.8) is 0 Å². The van der Waals surface area contributed by atoms with Crippen LogP contribution in [0.2, 0.25) is 0 Å². The number of anilines is 2. The van der Waals surface area contributed by atoms with Crippen molar-refractivity contribution in [2.45, 2.75) is 20.8 Å². The molecule has 0 fully saturated rings. The van der Waals surface area contributed by atoms with Crippen molar-refractivity contribution >= 4 is 28.8 Å². The minimum absolute atomic E-state index is 0.333. The van der Waals surface area contributed by atoms with E-state index in [2.05, 4.69) is 0 Å². The molecular weight excluding hydrogens is 400 g/mol. The van der Waals surface area contributed by atoms with E-state index in [1.165, 1.54) is 4.90 Å². The van der Waals surface area contributed by atoms with Crippen LogP contribution in [0, 0.1) is 13.8 Å². The predicted octanol–water partition coefficient (Wildman–Crippen LogP) is 5.12. The first-order chi connectivity index (χ1) is 15.4. The largest absolute Gasteiger partial charge is 0.494 e. The normalized spacial score (nSPS) is 13.7. The third-order valence-electron chi connectivity index (χ3n) is 5.74. The number of ether oxygens (including phenoxy) is 1. The van der Waals surface area contributed by atoms with Gasteiger partial charge in [0.1, 0.15) is 11.4 Å². The van der Waals surface area contributed by atoms with Gasteiger partial charge in [-0.1, -0.05) is 36.4 Å². The lowest BCUT2D eigenvalue weighted by Crippen LogP contribution is -2.34. The zero-order chi connectivity index (χ0) is 22.8. The highest BCUT2D eigenvalue weighted by molar-refractivity contribution is 6.46. The lowest BCUT2D eigenvalue weighted by molar-refractivity contribution is -0.120. The van der Waals surface area contributed by atoms with E-state index < -0.39 is 0 Å². The van der Waals surface area contributed by atoms with Crippen molar-refractivity contribution in [1.82, 2.24) is 0 Å². The standard InChI is InChI=1S/C27H26N2O3/c1-5-32-23-15-13-22(14-16-23)29-26(30)24(20-12-11-18(2)19(3)17-20)25(27(29)31)28(4)21-9-7-6-8-10-21/h6-17H,5H2,1-4H3. The molecule has 0 radical (unpaired) electrons. The van der Waals surface area contributed by atoms with Crippen molar-refractivity contribution in [2.24, 2.45) is 0 Å². The Morgan fingerprint density at radius 1 is 0.844 bits per heavy atom. The summed E-state index contributed by atoms with van der Waals surface area (Å²) >= 11 is 0. The molecule has 2 amide bonds. The van der Waals surface area contributed by atoms with Crippen LogP contribution in [-0.4, -0.2) is 25.5 Å². The van der Waals surface area contributed by atoms with Gasteiger partial charge in [-0.15, -0.1) is 0 Å². The second kappa shape index (κ2) is 8.71. The molecule has 1 aliphatic heterocycles. The summed E-state index contributed by atoms with van der Waals surface area (Å²) in [5, 5.41) is 0. The highest BCUT2D eigenvalue weighted by Crippen LogP contribution is 2.37. The number of amides is 2. The SMILES string of the molecule is CCOc1ccc(N2C(=O)C(c3ccc(C)c(C)c3)=C(N(C)c3ccccc3)C2=O)cc1. The highest BCUT2D eigenvalue weighted by atomic mass is 16.5. The number of carbonyl (C=O) groups is 2. The van der Waals surface area contributed by atoms with Crippen molar-refractivity contribution in [2.75, 3.05) is 23.5 Å². The van der Waals surface area contributed by atoms with Gasteiger partial charge in [0, 0.05) is 12.7 Å². The van der Waals surface area contributed by atoms with E-state index in [1.807, 2.05) is 76.3 Å². The molecule has 0 aliphatic carbocycles. The Morgan fingerprint density at radius 3 is 2.16 bits per heavy atom. The highest BCUT2D eigenvalue weighted by Gasteiger charge is 2.42. The van der Waals surface area contributed by atoms with Gasteiger partial charge in [-0.05, 0) is 73.9 Å². The number of rotatable bonds is 6. The van der Waals surface area contributed by atoms with E-state index in [9.17, 15) is 9.59 Å². The number of imide groups is 1. The first kappa shape index (κ1) is 21.4. The molecule has 3 aromatic rings. The predicted molar refractivity (Wildman–Crippen MR) is 128 cm³/mol. The molecule has 3 aromatic carbocycles. The number of likely N-dealkylation sites (N-methyl/N-ethyl adjacent to an activating group) is 1. The molecule has 0 bridgehead atoms. The summed E-state index contributed by atoms with van der Waals surface area (Å²) in [6, 6.07) is 22.5. The van der Waals surface area contributed by atoms with Crippen molar-refractivity contribution in [1.29, 1.82) is 0 Å². The Labute approximate surface area is 188 Å². The number of para-hydroxylation sites is 1. The van der Waals surface area contributed by atoms with Crippen molar-refractivity contribution < 1.29 is 14.3 Å². The molecule has 5 heteroatoms. The zero-order valence-corrected chi connectivity index (χ0v) is 18.8. The average Bonchev–Trinajstić information content (AvgIpc) is 3.06. The lowest BCUT2D eigenvalue weighted by Gasteiger charge is -2.21. The molecule has 0 N–H and O–H groups in total. The van der Waals surface area contributed by atoms with E-state index in [-0.39, 0.29) is 11.8 Å². The topological polar surface area (TPSA) is 49.9 Å². The van der Waals surface area contributed by atoms with Crippen LogP contribution < -0.4 is 14.5 Å². The summed E-state index contributed by atoms with van der Waals surface area (Å²) in [6.45, 7) is 6.49. The number of hydrogen-bond donors (Lipinski definition) is 0. The molecule has 162 valence electrons. The minimum Gasteiger partial charge on any atom is -0.494 e. The molecule has 0 spiro atoms. The van der Waals surface area contributed by atoms with Crippen LogP contribution >= 0.6 is 0 Å². The molecule has 0 aromatic heterocycles. The maximum absolute atomic E-state index is 13.7. The molecule has 0 unspecified atom stereocenters. The monoisotopic (exact) mass is 426 g/mol. The van der Waals surface area contributed by atoms with E-state index in [4.69, 9.17) is 4.74 Å². The number of hydrogen-bond acceptors (Lipinski definition) is 4. The van der Waals surface area contributed by atoms with Gasteiger partial charge in [-0.3, -0.25) is 9.59 Å². The second-order valence-electron chi connectivity index (χ2n) is 7.79. The molecule has 0 saturated heterocycles. The van der Waals surface area contributed by atoms with E-state index >= 15 is 0 Å². The van der Waals surface area contributed by atoms with Crippen LogP contribution in [0.4, 0.5) is 11.4 Å². The van der Waals surface area contributed by atoms with Gasteiger partial charge in [0.05, 0.1) is 17.9 Å². The Balaban J connectivity index is 1.83. The zero-order valence-electron chi connectivity index (χ0n) is 18.8. The second-order valence-corrected chi connectivity index (χ2v) is 7.79. The van der Waals surface area contributed by atoms with Crippen molar-refractivity contribution in [3.8, 4) is 5.75 Å². The van der Waals surface area contributed by atoms with Gasteiger partial charge in [-0.25, -0.2) is 4.90 Å². The van der Waals surface area contributed by atoms with Crippen LogP contribution in [0.3, 0.4) is 0 Å². The summed E-state index contributed by atoms with van der Waals surface area (Å²) in [7, 11) is 1.82. The molecule has 4 rings (SSSR count). The van der Waals surface area contributed by atoms with Crippen LogP contribution in [0.15, 0.2) is 78.5 Å². The van der Waals surface area contributed by atoms with Crippen LogP contribution in [-0.2, 0) is 9.59 Å². The summed E-state index contributed by atoms with van der Waals surface area (Å²) < 4.78 is 5.50. The fourth-order valence-corrected chi connectivity index (χ4v) is 3.86. The quantitative estimate of drug-likeness (QED) is 0.513. The third-order valence-corrected chi connectivity index (χ3v) is 5.74. The first-order valence-electron chi connectivity index (χ1n) is 10.6. The number of aryl methyl sites for hydroxylation is 2. The van der Waals surface area contributed by atoms with Gasteiger partial charge in [-0.2, -0.15) is 0 Å². The van der Waals surface area contributed by atoms with Gasteiger partial charge in [0.2, 0.25) is 0 Å². The summed E-state index contributed by atoms with van der Waals surface area (Å²) in [5.74, 6) is 0.0123. The Kier molecular flexibility index (Phi) is 5.82. The van der Waals surface area contributed by atoms with E-state index in [1.54, 1.807) is 29.2 Å². The Morgan fingerprint density at radius 2 is 1.53 bits per heavy atom. The first-order valence-corrected chi connectivity index (χ1v) is 10.6. The maximum atomic E-state index is 13.7. The smallest absolute Gasteiger partial charge is 0.282 e. The van der Waals surface area contributed by atoms with Crippen LogP contribution in [0.5, 0.6) is 5.75 Å². The molecular formula is C27H26N2O3. The van der Waals surface area contributed by atoms with Crippen molar-refractivity contribution in [3.05, 3.63) is 95.2 Å². The van der Waals surface area contributed by atoms with Gasteiger partial charge >= 0.3 is 0 Å². The summed E-state index contributed by atoms with van der Waals surface area (Å²) in [5.41, 5.74) is 5.04. The maximum Gasteiger partial charge on any atom is 0.282 e. The summed E-state index contributed by atoms with van der Waals surface area (Å²) in [4.78, 5) is 30.3. The van der Waals surface area contributed by atoms with Gasteiger partial charge in [0.25, 0.3) is 11.8 Å². The fraction of sp³-hybridized carbons (Fsp3) is 0.185.